The largest absolute Gasteiger partial charge is 0.0533 e. The Morgan fingerprint density at radius 2 is 0.800 bits per heavy atom. The molecule has 0 aromatic rings. The molecule has 0 radical (unpaired) electrons. The summed E-state index contributed by atoms with van der Waals surface area (Å²) in [6.07, 6.45) is 46.4. The van der Waals surface area contributed by atoms with Gasteiger partial charge in [-0.1, -0.05) is 148 Å². The third-order valence-electron chi connectivity index (χ3n) is 11.4. The standard InChI is InChI=1S/C35H64/c1-2-4-6-8-13-19-31(20-14-9-7-5-3-1)29-32-23-24-34(30-32)33-21-15-10-11-17-25-35(27-28-35)26-18-12-16-22-33/h31-34H,1-30H2. The van der Waals surface area contributed by atoms with Gasteiger partial charge in [0.1, 0.15) is 0 Å². The summed E-state index contributed by atoms with van der Waals surface area (Å²) in [5.74, 6) is 4.33. The van der Waals surface area contributed by atoms with Crippen molar-refractivity contribution in [3.8, 4) is 0 Å². The Labute approximate surface area is 221 Å². The van der Waals surface area contributed by atoms with Crippen molar-refractivity contribution in [2.45, 2.75) is 193 Å². The molecule has 3 atom stereocenters. The van der Waals surface area contributed by atoms with E-state index in [9.17, 15) is 0 Å². The molecular weight excluding hydrogens is 420 g/mol. The van der Waals surface area contributed by atoms with Crippen LogP contribution < -0.4 is 0 Å². The third-order valence-corrected chi connectivity index (χ3v) is 11.4. The molecule has 4 aliphatic carbocycles. The molecule has 1 spiro atoms. The second-order valence-corrected chi connectivity index (χ2v) is 14.3. The third kappa shape index (κ3) is 10.7. The van der Waals surface area contributed by atoms with Gasteiger partial charge in [0.15, 0.2) is 0 Å². The summed E-state index contributed by atoms with van der Waals surface area (Å²) in [6, 6.07) is 0. The van der Waals surface area contributed by atoms with Gasteiger partial charge in [-0.15, -0.1) is 0 Å². The summed E-state index contributed by atoms with van der Waals surface area (Å²) in [7, 11) is 0. The van der Waals surface area contributed by atoms with Crippen LogP contribution in [-0.4, -0.2) is 0 Å². The monoisotopic (exact) mass is 485 g/mol. The van der Waals surface area contributed by atoms with E-state index in [4.69, 9.17) is 0 Å². The zero-order chi connectivity index (χ0) is 24.0. The van der Waals surface area contributed by atoms with Crippen molar-refractivity contribution >= 4 is 0 Å². The van der Waals surface area contributed by atoms with Gasteiger partial charge < -0.3 is 0 Å². The maximum atomic E-state index is 1.62. The van der Waals surface area contributed by atoms with Crippen LogP contribution >= 0.6 is 0 Å². The molecule has 4 aliphatic rings. The molecule has 0 nitrogen and oxygen atoms in total. The Morgan fingerprint density at radius 3 is 1.34 bits per heavy atom. The average Bonchev–Trinajstić information content (AvgIpc) is 3.47. The quantitative estimate of drug-likeness (QED) is 0.373. The molecule has 4 saturated carbocycles. The zero-order valence-corrected chi connectivity index (χ0v) is 24.0. The first-order chi connectivity index (χ1) is 17.3. The Hall–Kier alpha value is 0. The van der Waals surface area contributed by atoms with Gasteiger partial charge in [-0.25, -0.2) is 0 Å². The van der Waals surface area contributed by atoms with Gasteiger partial charge in [0.2, 0.25) is 0 Å². The van der Waals surface area contributed by atoms with E-state index in [2.05, 4.69) is 0 Å². The molecule has 0 aliphatic heterocycles. The van der Waals surface area contributed by atoms with Crippen LogP contribution in [-0.2, 0) is 0 Å². The summed E-state index contributed by atoms with van der Waals surface area (Å²) < 4.78 is 0. The fourth-order valence-corrected chi connectivity index (χ4v) is 8.83. The number of hydrogen-bond donors (Lipinski definition) is 0. The van der Waals surface area contributed by atoms with Crippen molar-refractivity contribution in [3.63, 3.8) is 0 Å². The van der Waals surface area contributed by atoms with Gasteiger partial charge in [-0.3, -0.25) is 0 Å². The minimum Gasteiger partial charge on any atom is -0.0533 e. The summed E-state index contributed by atoms with van der Waals surface area (Å²) in [5.41, 5.74) is 0.845. The molecule has 3 unspecified atom stereocenters. The first kappa shape index (κ1) is 28.0. The van der Waals surface area contributed by atoms with Crippen molar-refractivity contribution in [3.05, 3.63) is 0 Å². The summed E-state index contributed by atoms with van der Waals surface area (Å²) in [4.78, 5) is 0. The van der Waals surface area contributed by atoms with Crippen LogP contribution in [0.4, 0.5) is 0 Å². The lowest BCUT2D eigenvalue weighted by molar-refractivity contribution is 0.260. The molecule has 4 rings (SSSR count). The fraction of sp³-hybridized carbons (Fsp3) is 1.00. The lowest BCUT2D eigenvalue weighted by atomic mass is 9.80. The molecule has 204 valence electrons. The highest BCUT2D eigenvalue weighted by molar-refractivity contribution is 4.92. The molecule has 0 aromatic carbocycles. The Balaban J connectivity index is 1.20. The van der Waals surface area contributed by atoms with E-state index < -0.39 is 0 Å². The fourth-order valence-electron chi connectivity index (χ4n) is 8.83. The zero-order valence-electron chi connectivity index (χ0n) is 24.0. The van der Waals surface area contributed by atoms with Crippen LogP contribution in [0.5, 0.6) is 0 Å². The Kier molecular flexibility index (Phi) is 12.9. The second-order valence-electron chi connectivity index (χ2n) is 14.3. The van der Waals surface area contributed by atoms with E-state index in [1.807, 2.05) is 0 Å². The lowest BCUT2D eigenvalue weighted by Gasteiger charge is -2.25. The molecule has 0 aromatic heterocycles. The second kappa shape index (κ2) is 16.1. The summed E-state index contributed by atoms with van der Waals surface area (Å²) >= 11 is 0. The van der Waals surface area contributed by atoms with E-state index in [1.54, 1.807) is 96.3 Å². The van der Waals surface area contributed by atoms with E-state index >= 15 is 0 Å². The first-order valence-electron chi connectivity index (χ1n) is 17.3. The van der Waals surface area contributed by atoms with Crippen LogP contribution in [0.15, 0.2) is 0 Å². The van der Waals surface area contributed by atoms with Gasteiger partial charge in [0, 0.05) is 0 Å². The van der Waals surface area contributed by atoms with Crippen molar-refractivity contribution in [2.75, 3.05) is 0 Å². The first-order valence-corrected chi connectivity index (χ1v) is 17.3. The number of rotatable bonds is 3. The molecular formula is C35H64. The maximum Gasteiger partial charge on any atom is -0.0297 e. The van der Waals surface area contributed by atoms with Gasteiger partial charge in [0.05, 0.1) is 0 Å². The van der Waals surface area contributed by atoms with Gasteiger partial charge in [0.25, 0.3) is 0 Å². The molecule has 0 bridgehead atoms. The Bertz CT molecular complexity index is 516. The molecule has 0 N–H and O–H groups in total. The SMILES string of the molecule is C1CCCCCCC(CC2CCC(C3CCCCCCC4(CCCCC3)CC4)C2)CCCCCC1. The molecule has 0 heteroatoms. The van der Waals surface area contributed by atoms with Crippen molar-refractivity contribution in [1.29, 1.82) is 0 Å². The molecule has 0 heterocycles. The smallest absolute Gasteiger partial charge is 0.0297 e. The highest BCUT2D eigenvalue weighted by Gasteiger charge is 2.40. The van der Waals surface area contributed by atoms with Crippen molar-refractivity contribution < 1.29 is 0 Å². The maximum absolute atomic E-state index is 1.62. The molecule has 0 saturated heterocycles. The topological polar surface area (TPSA) is 0 Å². The van der Waals surface area contributed by atoms with Crippen molar-refractivity contribution in [1.82, 2.24) is 0 Å². The Morgan fingerprint density at radius 1 is 0.343 bits per heavy atom. The van der Waals surface area contributed by atoms with E-state index in [0.29, 0.717) is 0 Å². The summed E-state index contributed by atoms with van der Waals surface area (Å²) in [5, 5.41) is 0. The van der Waals surface area contributed by atoms with Crippen LogP contribution in [0.1, 0.15) is 193 Å². The van der Waals surface area contributed by atoms with Crippen LogP contribution in [0.3, 0.4) is 0 Å². The average molecular weight is 485 g/mol. The van der Waals surface area contributed by atoms with Gasteiger partial charge >= 0.3 is 0 Å². The lowest BCUT2D eigenvalue weighted by Crippen LogP contribution is -2.14. The van der Waals surface area contributed by atoms with Crippen LogP contribution in [0, 0.1) is 29.1 Å². The van der Waals surface area contributed by atoms with Gasteiger partial charge in [-0.05, 0) is 74.0 Å². The van der Waals surface area contributed by atoms with E-state index in [0.717, 1.165) is 29.1 Å². The molecule has 4 fully saturated rings. The normalized spacial score (nSPS) is 33.8. The van der Waals surface area contributed by atoms with E-state index in [-0.39, 0.29) is 0 Å². The molecule has 35 heavy (non-hydrogen) atoms. The molecule has 0 amide bonds. The summed E-state index contributed by atoms with van der Waals surface area (Å²) in [6.45, 7) is 0. The van der Waals surface area contributed by atoms with Gasteiger partial charge in [-0.2, -0.15) is 0 Å². The van der Waals surface area contributed by atoms with Crippen LogP contribution in [0.2, 0.25) is 0 Å². The highest BCUT2D eigenvalue weighted by Crippen LogP contribution is 2.54. The predicted molar refractivity (Wildman–Crippen MR) is 155 cm³/mol. The highest BCUT2D eigenvalue weighted by atomic mass is 14.5. The minimum absolute atomic E-state index is 0.845. The van der Waals surface area contributed by atoms with Crippen LogP contribution in [0.25, 0.3) is 0 Å². The minimum atomic E-state index is 0.845. The number of hydrogen-bond acceptors (Lipinski definition) is 0. The van der Waals surface area contributed by atoms with E-state index in [1.165, 1.54) is 96.3 Å². The predicted octanol–water partition coefficient (Wildman–Crippen LogP) is 12.2. The van der Waals surface area contributed by atoms with Crippen molar-refractivity contribution in [2.24, 2.45) is 29.1 Å².